The number of aromatic amines is 1. The van der Waals surface area contributed by atoms with Gasteiger partial charge in [0.05, 0.1) is 18.4 Å². The van der Waals surface area contributed by atoms with E-state index in [1.807, 2.05) is 19.1 Å². The molecule has 0 aliphatic rings. The molecule has 0 saturated heterocycles. The van der Waals surface area contributed by atoms with E-state index in [9.17, 15) is 0 Å². The summed E-state index contributed by atoms with van der Waals surface area (Å²) in [7, 11) is 0. The fourth-order valence-corrected chi connectivity index (χ4v) is 1.27. The van der Waals surface area contributed by atoms with Crippen LogP contribution in [0.3, 0.4) is 0 Å². The molecule has 0 bridgehead atoms. The van der Waals surface area contributed by atoms with Crippen LogP contribution in [0.4, 0.5) is 5.95 Å². The van der Waals surface area contributed by atoms with Crippen LogP contribution in [0, 0.1) is 6.92 Å². The van der Waals surface area contributed by atoms with Crippen molar-refractivity contribution in [2.75, 3.05) is 5.73 Å². The fourth-order valence-electron chi connectivity index (χ4n) is 1.27. The summed E-state index contributed by atoms with van der Waals surface area (Å²) < 4.78 is 5.21. The van der Waals surface area contributed by atoms with Gasteiger partial charge in [-0.1, -0.05) is 0 Å². The highest BCUT2D eigenvalue weighted by Gasteiger charge is 2.06. The van der Waals surface area contributed by atoms with Gasteiger partial charge in [0.2, 0.25) is 0 Å². The molecule has 13 heavy (non-hydrogen) atoms. The monoisotopic (exact) mass is 177 g/mol. The van der Waals surface area contributed by atoms with Gasteiger partial charge in [-0.3, -0.25) is 0 Å². The Kier molecular flexibility index (Phi) is 1.81. The molecule has 0 amide bonds. The zero-order valence-electron chi connectivity index (χ0n) is 7.37. The summed E-state index contributed by atoms with van der Waals surface area (Å²) in [5.74, 6) is 1.36. The highest BCUT2D eigenvalue weighted by molar-refractivity contribution is 5.27. The van der Waals surface area contributed by atoms with E-state index in [0.717, 1.165) is 17.1 Å². The van der Waals surface area contributed by atoms with Gasteiger partial charge in [0.1, 0.15) is 5.76 Å². The van der Waals surface area contributed by atoms with Crippen molar-refractivity contribution in [1.29, 1.82) is 0 Å². The number of nitrogens with zero attached hydrogens (tertiary/aromatic N) is 1. The molecule has 2 heterocycles. The maximum absolute atomic E-state index is 5.51. The number of nitrogen functional groups attached to an aromatic ring is 1. The topological polar surface area (TPSA) is 67.8 Å². The lowest BCUT2D eigenvalue weighted by Gasteiger charge is -1.93. The lowest BCUT2D eigenvalue weighted by Crippen LogP contribution is -1.89. The maximum Gasteiger partial charge on any atom is 0.197 e. The highest BCUT2D eigenvalue weighted by atomic mass is 16.3. The van der Waals surface area contributed by atoms with E-state index in [-0.39, 0.29) is 0 Å². The molecule has 0 fully saturated rings. The molecule has 0 aliphatic carbocycles. The summed E-state index contributed by atoms with van der Waals surface area (Å²) in [6.45, 7) is 1.95. The van der Waals surface area contributed by atoms with Gasteiger partial charge in [0.15, 0.2) is 5.95 Å². The Balaban J connectivity index is 2.23. The summed E-state index contributed by atoms with van der Waals surface area (Å²) >= 11 is 0. The van der Waals surface area contributed by atoms with Crippen molar-refractivity contribution in [2.24, 2.45) is 0 Å². The first-order valence-corrected chi connectivity index (χ1v) is 4.09. The molecule has 0 unspecified atom stereocenters. The minimum Gasteiger partial charge on any atom is -0.469 e. The van der Waals surface area contributed by atoms with Crippen molar-refractivity contribution < 1.29 is 4.42 Å². The molecular weight excluding hydrogens is 166 g/mol. The lowest BCUT2D eigenvalue weighted by atomic mass is 10.2. The molecule has 3 N–H and O–H groups in total. The second kappa shape index (κ2) is 2.97. The predicted molar refractivity (Wildman–Crippen MR) is 49.3 cm³/mol. The Morgan fingerprint density at radius 2 is 2.46 bits per heavy atom. The summed E-state index contributed by atoms with van der Waals surface area (Å²) in [6.07, 6.45) is 2.34. The van der Waals surface area contributed by atoms with Gasteiger partial charge in [0.25, 0.3) is 0 Å². The van der Waals surface area contributed by atoms with Gasteiger partial charge in [-0.15, -0.1) is 0 Å². The molecule has 2 rings (SSSR count). The van der Waals surface area contributed by atoms with Crippen LogP contribution in [-0.2, 0) is 6.42 Å². The van der Waals surface area contributed by atoms with Gasteiger partial charge >= 0.3 is 0 Å². The maximum atomic E-state index is 5.51. The minimum atomic E-state index is 0.457. The summed E-state index contributed by atoms with van der Waals surface area (Å²) in [5.41, 5.74) is 7.44. The van der Waals surface area contributed by atoms with Crippen molar-refractivity contribution in [3.05, 3.63) is 35.5 Å². The molecule has 4 heteroatoms. The number of hydrogen-bond acceptors (Lipinski definition) is 3. The van der Waals surface area contributed by atoms with Gasteiger partial charge in [-0.05, 0) is 19.1 Å². The molecule has 2 aromatic heterocycles. The number of imidazole rings is 1. The number of nitrogens with one attached hydrogen (secondary N) is 1. The molecule has 0 aliphatic heterocycles. The quantitative estimate of drug-likeness (QED) is 0.730. The first-order chi connectivity index (χ1) is 6.25. The highest BCUT2D eigenvalue weighted by Crippen LogP contribution is 2.12. The number of hydrogen-bond donors (Lipinski definition) is 2. The van der Waals surface area contributed by atoms with Crippen molar-refractivity contribution in [1.82, 2.24) is 9.97 Å². The van der Waals surface area contributed by atoms with E-state index in [0.29, 0.717) is 12.4 Å². The van der Waals surface area contributed by atoms with Crippen LogP contribution >= 0.6 is 0 Å². The lowest BCUT2D eigenvalue weighted by molar-refractivity contribution is 0.519. The minimum absolute atomic E-state index is 0.457. The molecule has 0 saturated carbocycles. The number of anilines is 1. The first kappa shape index (κ1) is 7.91. The van der Waals surface area contributed by atoms with Gasteiger partial charge in [-0.2, -0.15) is 0 Å². The molecule has 0 aromatic carbocycles. The van der Waals surface area contributed by atoms with Crippen LogP contribution in [0.5, 0.6) is 0 Å². The van der Waals surface area contributed by atoms with Crippen LogP contribution in [0.25, 0.3) is 0 Å². The standard InChI is InChI=1S/C9H11N3O/c1-6-8(12-9(10)11-6)5-7-3-2-4-13-7/h2-4H,5H2,1H3,(H3,10,11,12). The largest absolute Gasteiger partial charge is 0.469 e. The Bertz CT molecular complexity index is 389. The van der Waals surface area contributed by atoms with Crippen LogP contribution in [0.1, 0.15) is 17.1 Å². The molecule has 4 nitrogen and oxygen atoms in total. The number of nitrogens with two attached hydrogens (primary N) is 1. The molecule has 0 radical (unpaired) electrons. The van der Waals surface area contributed by atoms with E-state index in [1.54, 1.807) is 6.26 Å². The summed E-state index contributed by atoms with van der Waals surface area (Å²) in [6, 6.07) is 3.78. The predicted octanol–water partition coefficient (Wildman–Crippen LogP) is 1.48. The molecule has 0 spiro atoms. The SMILES string of the molecule is Cc1[nH]c(N)nc1Cc1ccco1. The van der Waals surface area contributed by atoms with Crippen molar-refractivity contribution in [2.45, 2.75) is 13.3 Å². The van der Waals surface area contributed by atoms with E-state index >= 15 is 0 Å². The number of aryl methyl sites for hydroxylation is 1. The van der Waals surface area contributed by atoms with Crippen LogP contribution in [0.15, 0.2) is 22.8 Å². The number of aromatic nitrogens is 2. The second-order valence-electron chi connectivity index (χ2n) is 2.95. The zero-order chi connectivity index (χ0) is 9.26. The number of H-pyrrole nitrogens is 1. The third-order valence-electron chi connectivity index (χ3n) is 1.93. The van der Waals surface area contributed by atoms with Crippen LogP contribution < -0.4 is 5.73 Å². The van der Waals surface area contributed by atoms with E-state index in [1.165, 1.54) is 0 Å². The van der Waals surface area contributed by atoms with Crippen molar-refractivity contribution >= 4 is 5.95 Å². The Labute approximate surface area is 75.8 Å². The Morgan fingerprint density at radius 3 is 3.00 bits per heavy atom. The number of rotatable bonds is 2. The molecular formula is C9H11N3O. The van der Waals surface area contributed by atoms with Gasteiger partial charge in [0, 0.05) is 5.69 Å². The summed E-state index contributed by atoms with van der Waals surface area (Å²) in [5, 5.41) is 0. The average Bonchev–Trinajstić information content (AvgIpc) is 2.63. The normalized spacial score (nSPS) is 10.5. The van der Waals surface area contributed by atoms with E-state index in [2.05, 4.69) is 9.97 Å². The number of furan rings is 1. The third-order valence-corrected chi connectivity index (χ3v) is 1.93. The Morgan fingerprint density at radius 1 is 1.62 bits per heavy atom. The van der Waals surface area contributed by atoms with Gasteiger partial charge < -0.3 is 15.1 Å². The molecule has 68 valence electrons. The van der Waals surface area contributed by atoms with E-state index in [4.69, 9.17) is 10.2 Å². The average molecular weight is 177 g/mol. The van der Waals surface area contributed by atoms with Crippen molar-refractivity contribution in [3.63, 3.8) is 0 Å². The molecule has 2 aromatic rings. The fraction of sp³-hybridized carbons (Fsp3) is 0.222. The summed E-state index contributed by atoms with van der Waals surface area (Å²) in [4.78, 5) is 7.09. The van der Waals surface area contributed by atoms with Crippen molar-refractivity contribution in [3.8, 4) is 0 Å². The van der Waals surface area contributed by atoms with Gasteiger partial charge in [-0.25, -0.2) is 4.98 Å². The smallest absolute Gasteiger partial charge is 0.197 e. The third kappa shape index (κ3) is 1.56. The van der Waals surface area contributed by atoms with Crippen LogP contribution in [0.2, 0.25) is 0 Å². The Hall–Kier alpha value is -1.71. The molecule has 0 atom stereocenters. The van der Waals surface area contributed by atoms with E-state index < -0.39 is 0 Å². The zero-order valence-corrected chi connectivity index (χ0v) is 7.37. The first-order valence-electron chi connectivity index (χ1n) is 4.09. The second-order valence-corrected chi connectivity index (χ2v) is 2.95. The van der Waals surface area contributed by atoms with Crippen LogP contribution in [-0.4, -0.2) is 9.97 Å².